The number of alkyl halides is 2. The van der Waals surface area contributed by atoms with Crippen LogP contribution in [0.15, 0.2) is 35.4 Å². The monoisotopic (exact) mass is 433 g/mol. The minimum Gasteiger partial charge on any atom is -0.479 e. The maximum Gasteiger partial charge on any atom is 0.345 e. The Labute approximate surface area is 167 Å². The van der Waals surface area contributed by atoms with Gasteiger partial charge in [-0.1, -0.05) is 17.7 Å². The fourth-order valence-corrected chi connectivity index (χ4v) is 3.27. The molecule has 0 bridgehead atoms. The lowest BCUT2D eigenvalue weighted by Gasteiger charge is -2.12. The number of nitrogens with zero attached hydrogens (tertiary/aromatic N) is 1. The van der Waals surface area contributed by atoms with Crippen molar-refractivity contribution in [3.05, 3.63) is 41.3 Å². The number of H-pyrrole nitrogens is 1. The fourth-order valence-electron chi connectivity index (χ4n) is 2.33. The Bertz CT molecular complexity index is 958. The Balaban J connectivity index is 1.70. The average molecular weight is 434 g/mol. The van der Waals surface area contributed by atoms with Crippen molar-refractivity contribution in [1.82, 2.24) is 9.97 Å². The first-order valence-electron chi connectivity index (χ1n) is 7.94. The Morgan fingerprint density at radius 2 is 2.07 bits per heavy atom. The number of fused-ring (bicyclic) bond motifs is 1. The second-order valence-electron chi connectivity index (χ2n) is 5.36. The number of halogens is 4. The van der Waals surface area contributed by atoms with E-state index >= 15 is 0 Å². The molecule has 0 aliphatic rings. The zero-order valence-electron chi connectivity index (χ0n) is 14.5. The molecule has 2 heterocycles. The van der Waals surface area contributed by atoms with Gasteiger partial charge in [-0.25, -0.2) is 4.39 Å². The van der Waals surface area contributed by atoms with Crippen LogP contribution < -0.4 is 14.2 Å². The molecule has 0 fully saturated rings. The van der Waals surface area contributed by atoms with Crippen LogP contribution in [0.4, 0.5) is 18.9 Å². The molecule has 0 radical (unpaired) electrons. The normalized spacial score (nSPS) is 11.2. The van der Waals surface area contributed by atoms with Crippen LogP contribution >= 0.6 is 23.5 Å². The quantitative estimate of drug-likeness (QED) is 0.361. The van der Waals surface area contributed by atoms with Gasteiger partial charge in [0.05, 0.1) is 18.6 Å². The topological polar surface area (TPSA) is 68.4 Å². The second-order valence-corrected chi connectivity index (χ2v) is 6.64. The van der Waals surface area contributed by atoms with Crippen LogP contribution in [0, 0.1) is 5.82 Å². The molecule has 2 N–H and O–H groups in total. The average Bonchev–Trinajstić information content (AvgIpc) is 3.06. The fraction of sp³-hybridized carbons (Fsp3) is 0.235. The number of methoxy groups -OCH3 is 1. The minimum absolute atomic E-state index is 0.0848. The van der Waals surface area contributed by atoms with Crippen LogP contribution in [0.5, 0.6) is 11.8 Å². The van der Waals surface area contributed by atoms with Crippen molar-refractivity contribution in [2.24, 2.45) is 0 Å². The predicted octanol–water partition coefficient (Wildman–Crippen LogP) is 5.10. The van der Waals surface area contributed by atoms with Gasteiger partial charge in [-0.3, -0.25) is 0 Å². The Morgan fingerprint density at radius 3 is 2.82 bits per heavy atom. The number of aromatic amines is 1. The van der Waals surface area contributed by atoms with Crippen LogP contribution in [0.25, 0.3) is 10.9 Å². The van der Waals surface area contributed by atoms with Crippen molar-refractivity contribution in [2.45, 2.75) is 11.5 Å². The van der Waals surface area contributed by atoms with E-state index < -0.39 is 19.0 Å². The molecule has 0 amide bonds. The largest absolute Gasteiger partial charge is 0.479 e. The predicted molar refractivity (Wildman–Crippen MR) is 101 cm³/mol. The lowest BCUT2D eigenvalue weighted by Crippen LogP contribution is -2.11. The van der Waals surface area contributed by atoms with E-state index in [9.17, 15) is 13.2 Å². The Morgan fingerprint density at radius 1 is 1.25 bits per heavy atom. The van der Waals surface area contributed by atoms with Gasteiger partial charge in [-0.05, 0) is 24.1 Å². The number of benzene rings is 1. The molecule has 3 aromatic rings. The van der Waals surface area contributed by atoms with E-state index in [1.54, 1.807) is 18.3 Å². The first-order valence-corrected chi connectivity index (χ1v) is 9.14. The molecule has 0 atom stereocenters. The molecule has 3 rings (SSSR count). The number of anilines is 1. The summed E-state index contributed by atoms with van der Waals surface area (Å²) in [4.78, 5) is 7.88. The summed E-state index contributed by atoms with van der Waals surface area (Å²) in [6.07, 6.45) is 1.79. The minimum atomic E-state index is -2.92. The van der Waals surface area contributed by atoms with Gasteiger partial charge in [0.15, 0.2) is 5.82 Å². The highest BCUT2D eigenvalue weighted by molar-refractivity contribution is 8.00. The smallest absolute Gasteiger partial charge is 0.345 e. The summed E-state index contributed by atoms with van der Waals surface area (Å²) < 4.78 is 55.3. The van der Waals surface area contributed by atoms with Gasteiger partial charge in [0.1, 0.15) is 12.3 Å². The van der Waals surface area contributed by atoms with Gasteiger partial charge < -0.3 is 23.9 Å². The number of rotatable bonds is 9. The summed E-state index contributed by atoms with van der Waals surface area (Å²) in [5.74, 6) is -1.06. The van der Waals surface area contributed by atoms with Crippen LogP contribution in [0.1, 0.15) is 0 Å². The summed E-state index contributed by atoms with van der Waals surface area (Å²) in [6, 6.07) is 6.58. The summed E-state index contributed by atoms with van der Waals surface area (Å²) in [6.45, 7) is -3.60. The summed E-state index contributed by atoms with van der Waals surface area (Å²) >= 11 is 7.20. The summed E-state index contributed by atoms with van der Waals surface area (Å²) in [7, 11) is 1.37. The molecule has 11 heteroatoms. The number of pyridine rings is 1. The standard InChI is InChI=1S/C17H15ClF3N3O3S/c1-25-16-13(7-11(19)15(23-16)26-4-5-27-17(20)21)24-28-14-8-22-12-6-9(18)2-3-10(12)14/h2-3,6-8,17,22,24H,4-5H2,1H3. The molecule has 0 aliphatic heterocycles. The SMILES string of the molecule is COc1nc(OCCOC(F)F)c(F)cc1NSc1c[nH]c2cc(Cl)ccc12. The Hall–Kier alpha value is -2.30. The van der Waals surface area contributed by atoms with E-state index in [2.05, 4.69) is 19.4 Å². The van der Waals surface area contributed by atoms with Gasteiger partial charge in [-0.15, -0.1) is 0 Å². The van der Waals surface area contributed by atoms with Crippen LogP contribution in [-0.4, -0.2) is 36.9 Å². The van der Waals surface area contributed by atoms with Gasteiger partial charge in [0.25, 0.3) is 5.88 Å². The van der Waals surface area contributed by atoms with Gasteiger partial charge in [-0.2, -0.15) is 13.8 Å². The molecule has 1 aromatic carbocycles. The number of aromatic nitrogens is 2. The molecule has 6 nitrogen and oxygen atoms in total. The highest BCUT2D eigenvalue weighted by Crippen LogP contribution is 2.34. The first-order chi connectivity index (χ1) is 13.5. The second kappa shape index (κ2) is 9.26. The highest BCUT2D eigenvalue weighted by Gasteiger charge is 2.15. The number of nitrogens with one attached hydrogen (secondary N) is 2. The van der Waals surface area contributed by atoms with Crippen LogP contribution in [0.2, 0.25) is 5.02 Å². The molecule has 0 saturated heterocycles. The lowest BCUT2D eigenvalue weighted by molar-refractivity contribution is -0.133. The molecule has 28 heavy (non-hydrogen) atoms. The lowest BCUT2D eigenvalue weighted by atomic mass is 10.2. The van der Waals surface area contributed by atoms with Crippen LogP contribution in [-0.2, 0) is 4.74 Å². The third-order valence-corrected chi connectivity index (χ3v) is 4.66. The maximum atomic E-state index is 14.2. The summed E-state index contributed by atoms with van der Waals surface area (Å²) in [5, 5.41) is 1.55. The van der Waals surface area contributed by atoms with Gasteiger partial charge in [0.2, 0.25) is 5.88 Å². The van der Waals surface area contributed by atoms with Crippen molar-refractivity contribution in [3.63, 3.8) is 0 Å². The zero-order valence-corrected chi connectivity index (χ0v) is 16.0. The molecule has 0 aliphatic carbocycles. The van der Waals surface area contributed by atoms with Gasteiger partial charge >= 0.3 is 6.61 Å². The van der Waals surface area contributed by atoms with Crippen molar-refractivity contribution in [2.75, 3.05) is 25.0 Å². The van der Waals surface area contributed by atoms with Crippen molar-refractivity contribution in [1.29, 1.82) is 0 Å². The van der Waals surface area contributed by atoms with E-state index in [1.807, 2.05) is 6.07 Å². The van der Waals surface area contributed by atoms with Crippen molar-refractivity contribution >= 4 is 40.1 Å². The van der Waals surface area contributed by atoms with Crippen molar-refractivity contribution in [3.8, 4) is 11.8 Å². The zero-order chi connectivity index (χ0) is 20.1. The third-order valence-electron chi connectivity index (χ3n) is 3.54. The maximum absolute atomic E-state index is 14.2. The van der Waals surface area contributed by atoms with E-state index in [-0.39, 0.29) is 24.1 Å². The third kappa shape index (κ3) is 4.94. The van der Waals surface area contributed by atoms with E-state index in [0.717, 1.165) is 21.9 Å². The molecule has 2 aromatic heterocycles. The molecule has 150 valence electrons. The number of hydrogen-bond donors (Lipinski definition) is 2. The summed E-state index contributed by atoms with van der Waals surface area (Å²) in [5.41, 5.74) is 1.15. The van der Waals surface area contributed by atoms with Gasteiger partial charge in [0, 0.05) is 28.2 Å². The molecule has 0 unspecified atom stereocenters. The van der Waals surface area contributed by atoms with Crippen LogP contribution in [0.3, 0.4) is 0 Å². The molecule has 0 saturated carbocycles. The van der Waals surface area contributed by atoms with E-state index in [0.29, 0.717) is 5.02 Å². The van der Waals surface area contributed by atoms with E-state index in [4.69, 9.17) is 21.1 Å². The first kappa shape index (κ1) is 20.4. The molecular formula is C17H15ClF3N3O3S. The Kier molecular flexibility index (Phi) is 6.76. The molecule has 0 spiro atoms. The van der Waals surface area contributed by atoms with E-state index in [1.165, 1.54) is 19.1 Å². The number of ether oxygens (including phenoxy) is 3. The number of hydrogen-bond acceptors (Lipinski definition) is 6. The molecular weight excluding hydrogens is 419 g/mol. The highest BCUT2D eigenvalue weighted by atomic mass is 35.5. The van der Waals surface area contributed by atoms with Crippen molar-refractivity contribution < 1.29 is 27.4 Å².